The number of para-hydroxylation sites is 2. The summed E-state index contributed by atoms with van der Waals surface area (Å²) in [4.78, 5) is 30.5. The maximum Gasteiger partial charge on any atom is 0.278 e. The van der Waals surface area contributed by atoms with E-state index in [1.54, 1.807) is 22.6 Å². The Hall–Kier alpha value is -3.61. The van der Waals surface area contributed by atoms with Gasteiger partial charge in [-0.05, 0) is 26.0 Å². The van der Waals surface area contributed by atoms with Gasteiger partial charge in [-0.1, -0.05) is 36.4 Å². The molecule has 7 nitrogen and oxygen atoms in total. The summed E-state index contributed by atoms with van der Waals surface area (Å²) < 4.78 is 8.72. The molecule has 4 rings (SSSR count). The van der Waals surface area contributed by atoms with E-state index >= 15 is 0 Å². The number of fused-ring (bicyclic) bond motifs is 3. The lowest BCUT2D eigenvalue weighted by atomic mass is 10.2. The van der Waals surface area contributed by atoms with Crippen molar-refractivity contribution >= 4 is 27.8 Å². The number of rotatable bonds is 6. The molecular formula is C23H24N4O3. The summed E-state index contributed by atoms with van der Waals surface area (Å²) in [7, 11) is 1.61. The molecule has 1 N–H and O–H groups in total. The van der Waals surface area contributed by atoms with Crippen molar-refractivity contribution < 1.29 is 9.53 Å². The second-order valence-electron chi connectivity index (χ2n) is 7.51. The number of aromatic nitrogens is 3. The second kappa shape index (κ2) is 8.02. The molecule has 2 aromatic heterocycles. The van der Waals surface area contributed by atoms with Gasteiger partial charge in [-0.2, -0.15) is 0 Å². The third kappa shape index (κ3) is 3.54. The molecule has 0 aliphatic rings. The molecular weight excluding hydrogens is 380 g/mol. The van der Waals surface area contributed by atoms with Crippen LogP contribution in [-0.2, 0) is 17.9 Å². The molecule has 0 radical (unpaired) electrons. The normalized spacial score (nSPS) is 11.3. The van der Waals surface area contributed by atoms with Crippen LogP contribution in [0, 0.1) is 0 Å². The lowest BCUT2D eigenvalue weighted by molar-refractivity contribution is -0.122. The van der Waals surface area contributed by atoms with Crippen LogP contribution < -0.4 is 15.6 Å². The van der Waals surface area contributed by atoms with Crippen molar-refractivity contribution in [3.63, 3.8) is 0 Å². The van der Waals surface area contributed by atoms with Crippen LogP contribution in [0.3, 0.4) is 0 Å². The minimum absolute atomic E-state index is 0.0194. The van der Waals surface area contributed by atoms with Gasteiger partial charge in [0.05, 0.1) is 25.5 Å². The lowest BCUT2D eigenvalue weighted by Crippen LogP contribution is -2.34. The molecule has 0 atom stereocenters. The summed E-state index contributed by atoms with van der Waals surface area (Å²) in [5.74, 6) is 0.563. The summed E-state index contributed by atoms with van der Waals surface area (Å²) in [5.41, 5.74) is 2.52. The van der Waals surface area contributed by atoms with E-state index in [0.717, 1.165) is 16.5 Å². The first kappa shape index (κ1) is 19.7. The third-order valence-electron chi connectivity index (χ3n) is 5.02. The van der Waals surface area contributed by atoms with Crippen molar-refractivity contribution in [3.8, 4) is 5.75 Å². The van der Waals surface area contributed by atoms with Crippen LogP contribution in [0.15, 0.2) is 59.7 Å². The number of benzene rings is 2. The number of ether oxygens (including phenoxy) is 1. The maximum atomic E-state index is 13.5. The average molecular weight is 404 g/mol. The summed E-state index contributed by atoms with van der Waals surface area (Å²) in [6.45, 7) is 4.19. The number of methoxy groups -OCH3 is 1. The topological polar surface area (TPSA) is 78.2 Å². The average Bonchev–Trinajstić information content (AvgIpc) is 3.04. The Labute approximate surface area is 173 Å². The molecule has 0 aliphatic heterocycles. The predicted molar refractivity (Wildman–Crippen MR) is 117 cm³/mol. The fourth-order valence-corrected chi connectivity index (χ4v) is 3.75. The number of hydrogen-bond donors (Lipinski definition) is 1. The van der Waals surface area contributed by atoms with Crippen molar-refractivity contribution in [2.24, 2.45) is 0 Å². The van der Waals surface area contributed by atoms with Crippen LogP contribution in [0.25, 0.3) is 21.9 Å². The molecule has 0 saturated carbocycles. The van der Waals surface area contributed by atoms with Gasteiger partial charge in [0, 0.05) is 17.0 Å². The minimum Gasteiger partial charge on any atom is -0.496 e. The zero-order valence-corrected chi connectivity index (χ0v) is 17.3. The summed E-state index contributed by atoms with van der Waals surface area (Å²) in [6.07, 6.45) is 1.56. The number of nitrogens with one attached hydrogen (secondary N) is 1. The zero-order valence-electron chi connectivity index (χ0n) is 17.3. The molecule has 0 unspecified atom stereocenters. The van der Waals surface area contributed by atoms with Crippen LogP contribution in [0.2, 0.25) is 0 Å². The first-order valence-electron chi connectivity index (χ1n) is 9.87. The van der Waals surface area contributed by atoms with E-state index in [9.17, 15) is 9.59 Å². The molecule has 2 aromatic carbocycles. The first-order chi connectivity index (χ1) is 14.5. The zero-order chi connectivity index (χ0) is 21.3. The summed E-state index contributed by atoms with van der Waals surface area (Å²) in [5, 5.41) is 3.75. The molecule has 0 saturated heterocycles. The van der Waals surface area contributed by atoms with E-state index in [1.165, 1.54) is 0 Å². The predicted octanol–water partition coefficient (Wildman–Crippen LogP) is 2.93. The quantitative estimate of drug-likeness (QED) is 0.536. The van der Waals surface area contributed by atoms with E-state index < -0.39 is 0 Å². The van der Waals surface area contributed by atoms with Gasteiger partial charge in [0.15, 0.2) is 0 Å². The SMILES string of the molecule is COc1ccccc1Cn1cnc2c3ccccc3n(CC(=O)NC(C)C)c2c1=O. The van der Waals surface area contributed by atoms with Gasteiger partial charge >= 0.3 is 0 Å². The highest BCUT2D eigenvalue weighted by Crippen LogP contribution is 2.25. The Kier molecular flexibility index (Phi) is 5.27. The van der Waals surface area contributed by atoms with Crippen LogP contribution in [0.5, 0.6) is 5.75 Å². The highest BCUT2D eigenvalue weighted by atomic mass is 16.5. The van der Waals surface area contributed by atoms with Gasteiger partial charge in [-0.3, -0.25) is 14.2 Å². The highest BCUT2D eigenvalue weighted by Gasteiger charge is 2.18. The molecule has 0 aliphatic carbocycles. The lowest BCUT2D eigenvalue weighted by Gasteiger charge is -2.12. The Morgan fingerprint density at radius 2 is 1.87 bits per heavy atom. The molecule has 0 bridgehead atoms. The van der Waals surface area contributed by atoms with Gasteiger partial charge in [-0.25, -0.2) is 4.98 Å². The summed E-state index contributed by atoms with van der Waals surface area (Å²) in [6, 6.07) is 15.2. The first-order valence-corrected chi connectivity index (χ1v) is 9.87. The van der Waals surface area contributed by atoms with Gasteiger partial charge < -0.3 is 14.6 Å². The van der Waals surface area contributed by atoms with E-state index in [-0.39, 0.29) is 24.1 Å². The van der Waals surface area contributed by atoms with Crippen molar-refractivity contribution in [2.45, 2.75) is 33.0 Å². The van der Waals surface area contributed by atoms with E-state index in [2.05, 4.69) is 10.3 Å². The molecule has 154 valence electrons. The number of carbonyl (C=O) groups excluding carboxylic acids is 1. The fraction of sp³-hybridized carbons (Fsp3) is 0.261. The maximum absolute atomic E-state index is 13.5. The molecule has 30 heavy (non-hydrogen) atoms. The van der Waals surface area contributed by atoms with E-state index in [0.29, 0.717) is 23.3 Å². The largest absolute Gasteiger partial charge is 0.496 e. The van der Waals surface area contributed by atoms with Crippen molar-refractivity contribution in [1.29, 1.82) is 0 Å². The number of carbonyl (C=O) groups is 1. The van der Waals surface area contributed by atoms with E-state index in [1.807, 2.05) is 62.4 Å². The number of amides is 1. The Balaban J connectivity index is 1.87. The molecule has 0 fully saturated rings. The van der Waals surface area contributed by atoms with Gasteiger partial charge in [0.2, 0.25) is 5.91 Å². The third-order valence-corrected chi connectivity index (χ3v) is 5.02. The smallest absolute Gasteiger partial charge is 0.278 e. The highest BCUT2D eigenvalue weighted by molar-refractivity contribution is 6.06. The molecule has 4 aromatic rings. The molecule has 1 amide bonds. The number of nitrogens with zero attached hydrogens (tertiary/aromatic N) is 3. The van der Waals surface area contributed by atoms with E-state index in [4.69, 9.17) is 4.74 Å². The molecule has 7 heteroatoms. The molecule has 0 spiro atoms. The molecule has 2 heterocycles. The van der Waals surface area contributed by atoms with Crippen LogP contribution >= 0.6 is 0 Å². The fourth-order valence-electron chi connectivity index (χ4n) is 3.75. The van der Waals surface area contributed by atoms with Crippen molar-refractivity contribution in [3.05, 3.63) is 70.8 Å². The second-order valence-corrected chi connectivity index (χ2v) is 7.51. The van der Waals surface area contributed by atoms with Crippen molar-refractivity contribution in [1.82, 2.24) is 19.4 Å². The monoisotopic (exact) mass is 404 g/mol. The Morgan fingerprint density at radius 1 is 1.13 bits per heavy atom. The minimum atomic E-state index is -0.195. The van der Waals surface area contributed by atoms with Gasteiger partial charge in [0.25, 0.3) is 5.56 Å². The Bertz CT molecular complexity index is 1290. The van der Waals surface area contributed by atoms with Gasteiger partial charge in [0.1, 0.15) is 23.3 Å². The Morgan fingerprint density at radius 3 is 2.63 bits per heavy atom. The van der Waals surface area contributed by atoms with Crippen molar-refractivity contribution in [2.75, 3.05) is 7.11 Å². The van der Waals surface area contributed by atoms with Crippen LogP contribution in [-0.4, -0.2) is 33.2 Å². The standard InChI is InChI=1S/C23H24N4O3/c1-15(2)25-20(28)13-27-18-10-6-5-9-17(18)21-22(27)23(29)26(14-24-21)12-16-8-4-7-11-19(16)30-3/h4-11,14-15H,12-13H2,1-3H3,(H,25,28). The van der Waals surface area contributed by atoms with Crippen LogP contribution in [0.4, 0.5) is 0 Å². The van der Waals surface area contributed by atoms with Crippen LogP contribution in [0.1, 0.15) is 19.4 Å². The number of hydrogen-bond acceptors (Lipinski definition) is 4. The van der Waals surface area contributed by atoms with Gasteiger partial charge in [-0.15, -0.1) is 0 Å². The summed E-state index contributed by atoms with van der Waals surface area (Å²) >= 11 is 0.